The molecule has 0 radical (unpaired) electrons. The Morgan fingerprint density at radius 2 is 2.18 bits per heavy atom. The highest BCUT2D eigenvalue weighted by molar-refractivity contribution is 7.98. The van der Waals surface area contributed by atoms with Gasteiger partial charge in [0.25, 0.3) is 5.91 Å². The molecule has 0 atom stereocenters. The number of amides is 1. The molecule has 0 aliphatic carbocycles. The molecule has 1 aromatic rings. The van der Waals surface area contributed by atoms with Gasteiger partial charge in [0.15, 0.2) is 0 Å². The number of benzene rings is 1. The standard InChI is InChI=1S/C12H17FN2OS/c1-8-10(13)6-9(7-11(8)14)12(16)15(2)4-5-17-3/h6-7H,4-5,14H2,1-3H3. The molecule has 2 N–H and O–H groups in total. The van der Waals surface area contributed by atoms with Crippen LogP contribution in [0.5, 0.6) is 0 Å². The summed E-state index contributed by atoms with van der Waals surface area (Å²) in [5.74, 6) is 0.211. The van der Waals surface area contributed by atoms with Crippen molar-refractivity contribution in [1.29, 1.82) is 0 Å². The van der Waals surface area contributed by atoms with Gasteiger partial charge in [0, 0.05) is 36.2 Å². The second-order valence-corrected chi connectivity index (χ2v) is 4.88. The van der Waals surface area contributed by atoms with Crippen LogP contribution in [0.2, 0.25) is 0 Å². The molecule has 5 heteroatoms. The summed E-state index contributed by atoms with van der Waals surface area (Å²) < 4.78 is 13.5. The van der Waals surface area contributed by atoms with Gasteiger partial charge >= 0.3 is 0 Å². The fourth-order valence-corrected chi connectivity index (χ4v) is 1.83. The second-order valence-electron chi connectivity index (χ2n) is 3.89. The van der Waals surface area contributed by atoms with Crippen molar-refractivity contribution in [3.8, 4) is 0 Å². The third-order valence-corrected chi connectivity index (χ3v) is 3.20. The highest BCUT2D eigenvalue weighted by Crippen LogP contribution is 2.18. The first kappa shape index (κ1) is 13.8. The molecule has 1 amide bonds. The van der Waals surface area contributed by atoms with E-state index in [2.05, 4.69) is 0 Å². The van der Waals surface area contributed by atoms with E-state index in [1.165, 1.54) is 12.1 Å². The van der Waals surface area contributed by atoms with Gasteiger partial charge in [-0.3, -0.25) is 4.79 Å². The predicted molar refractivity (Wildman–Crippen MR) is 70.9 cm³/mol. The average molecular weight is 256 g/mol. The van der Waals surface area contributed by atoms with Crippen LogP contribution in [0.3, 0.4) is 0 Å². The zero-order valence-electron chi connectivity index (χ0n) is 10.3. The van der Waals surface area contributed by atoms with Crippen LogP contribution < -0.4 is 5.73 Å². The lowest BCUT2D eigenvalue weighted by molar-refractivity contribution is 0.0803. The Kier molecular flexibility index (Phi) is 4.81. The van der Waals surface area contributed by atoms with E-state index in [0.717, 1.165) is 5.75 Å². The van der Waals surface area contributed by atoms with E-state index in [1.807, 2.05) is 6.26 Å². The molecular weight excluding hydrogens is 239 g/mol. The van der Waals surface area contributed by atoms with Gasteiger partial charge in [0.1, 0.15) is 5.82 Å². The number of halogens is 1. The van der Waals surface area contributed by atoms with Gasteiger partial charge in [-0.05, 0) is 25.3 Å². The molecule has 0 aromatic heterocycles. The van der Waals surface area contributed by atoms with Gasteiger partial charge in [0.05, 0.1) is 0 Å². The van der Waals surface area contributed by atoms with Gasteiger partial charge in [-0.1, -0.05) is 0 Å². The van der Waals surface area contributed by atoms with E-state index >= 15 is 0 Å². The number of nitrogens with two attached hydrogens (primary N) is 1. The fraction of sp³-hybridized carbons (Fsp3) is 0.417. The van der Waals surface area contributed by atoms with Crippen LogP contribution in [0.1, 0.15) is 15.9 Å². The largest absolute Gasteiger partial charge is 0.398 e. The summed E-state index contributed by atoms with van der Waals surface area (Å²) in [6, 6.07) is 2.76. The van der Waals surface area contributed by atoms with Crippen LogP contribution in [-0.4, -0.2) is 36.4 Å². The lowest BCUT2D eigenvalue weighted by atomic mass is 10.1. The Labute approximate surface area is 105 Å². The maximum atomic E-state index is 13.5. The van der Waals surface area contributed by atoms with E-state index < -0.39 is 5.82 Å². The molecular formula is C12H17FN2OS. The van der Waals surface area contributed by atoms with Crippen LogP contribution in [0, 0.1) is 12.7 Å². The van der Waals surface area contributed by atoms with Crippen LogP contribution in [-0.2, 0) is 0 Å². The molecule has 0 unspecified atom stereocenters. The van der Waals surface area contributed by atoms with E-state index in [-0.39, 0.29) is 5.91 Å². The van der Waals surface area contributed by atoms with E-state index in [0.29, 0.717) is 23.4 Å². The van der Waals surface area contributed by atoms with Crippen molar-refractivity contribution >= 4 is 23.4 Å². The van der Waals surface area contributed by atoms with E-state index in [9.17, 15) is 9.18 Å². The molecule has 0 fully saturated rings. The maximum absolute atomic E-state index is 13.5. The molecule has 3 nitrogen and oxygen atoms in total. The Morgan fingerprint density at radius 1 is 1.53 bits per heavy atom. The number of carbonyl (C=O) groups excluding carboxylic acids is 1. The van der Waals surface area contributed by atoms with Gasteiger partial charge in [0.2, 0.25) is 0 Å². The zero-order chi connectivity index (χ0) is 13.0. The SMILES string of the molecule is CSCCN(C)C(=O)c1cc(N)c(C)c(F)c1. The van der Waals surface area contributed by atoms with Crippen LogP contribution in [0.4, 0.5) is 10.1 Å². The number of rotatable bonds is 4. The van der Waals surface area contributed by atoms with E-state index in [4.69, 9.17) is 5.73 Å². The third kappa shape index (κ3) is 3.36. The van der Waals surface area contributed by atoms with Crippen molar-refractivity contribution in [1.82, 2.24) is 4.90 Å². The Hall–Kier alpha value is -1.23. The minimum atomic E-state index is -0.438. The minimum absolute atomic E-state index is 0.204. The number of nitrogens with zero attached hydrogens (tertiary/aromatic N) is 1. The third-order valence-electron chi connectivity index (χ3n) is 2.61. The normalized spacial score (nSPS) is 10.4. The Balaban J connectivity index is 2.89. The highest BCUT2D eigenvalue weighted by Gasteiger charge is 2.14. The topological polar surface area (TPSA) is 46.3 Å². The van der Waals surface area contributed by atoms with Crippen LogP contribution in [0.25, 0.3) is 0 Å². The summed E-state index contributed by atoms with van der Waals surface area (Å²) in [4.78, 5) is 13.5. The molecule has 94 valence electrons. The summed E-state index contributed by atoms with van der Waals surface area (Å²) in [6.07, 6.45) is 1.97. The first-order chi connectivity index (χ1) is 7.97. The van der Waals surface area contributed by atoms with Crippen molar-refractivity contribution in [2.24, 2.45) is 0 Å². The molecule has 0 saturated carbocycles. The van der Waals surface area contributed by atoms with Crippen LogP contribution >= 0.6 is 11.8 Å². The first-order valence-corrected chi connectivity index (χ1v) is 6.66. The summed E-state index contributed by atoms with van der Waals surface area (Å²) in [7, 11) is 1.70. The quantitative estimate of drug-likeness (QED) is 0.840. The van der Waals surface area contributed by atoms with Gasteiger partial charge in [-0.15, -0.1) is 0 Å². The lowest BCUT2D eigenvalue weighted by Crippen LogP contribution is -2.29. The molecule has 1 rings (SSSR count). The predicted octanol–water partition coefficient (Wildman–Crippen LogP) is 2.15. The number of carbonyl (C=O) groups is 1. The minimum Gasteiger partial charge on any atom is -0.398 e. The number of nitrogen functional groups attached to an aromatic ring is 1. The Bertz CT molecular complexity index is 400. The lowest BCUT2D eigenvalue weighted by Gasteiger charge is -2.17. The van der Waals surface area contributed by atoms with Crippen molar-refractivity contribution in [3.05, 3.63) is 29.1 Å². The number of anilines is 1. The van der Waals surface area contributed by atoms with Crippen molar-refractivity contribution in [3.63, 3.8) is 0 Å². The molecule has 1 aromatic carbocycles. The molecule has 0 heterocycles. The number of hydrogen-bond donors (Lipinski definition) is 1. The van der Waals surface area contributed by atoms with Gasteiger partial charge in [-0.25, -0.2) is 4.39 Å². The highest BCUT2D eigenvalue weighted by atomic mass is 32.2. The second kappa shape index (κ2) is 5.91. The van der Waals surface area contributed by atoms with Crippen LogP contribution in [0.15, 0.2) is 12.1 Å². The molecule has 0 aliphatic rings. The number of thioether (sulfide) groups is 1. The monoisotopic (exact) mass is 256 g/mol. The average Bonchev–Trinajstić information content (AvgIpc) is 2.31. The van der Waals surface area contributed by atoms with Gasteiger partial charge in [-0.2, -0.15) is 11.8 Å². The molecule has 0 bridgehead atoms. The first-order valence-electron chi connectivity index (χ1n) is 5.27. The molecule has 0 saturated heterocycles. The summed E-state index contributed by atoms with van der Waals surface area (Å²) in [6.45, 7) is 2.23. The smallest absolute Gasteiger partial charge is 0.253 e. The zero-order valence-corrected chi connectivity index (χ0v) is 11.1. The molecule has 0 spiro atoms. The fourth-order valence-electron chi connectivity index (χ4n) is 1.37. The van der Waals surface area contributed by atoms with Gasteiger partial charge < -0.3 is 10.6 Å². The Morgan fingerprint density at radius 3 is 2.71 bits per heavy atom. The number of hydrogen-bond acceptors (Lipinski definition) is 3. The van der Waals surface area contributed by atoms with Crippen molar-refractivity contribution in [2.45, 2.75) is 6.92 Å². The summed E-state index contributed by atoms with van der Waals surface area (Å²) in [5.41, 5.74) is 6.64. The van der Waals surface area contributed by atoms with E-state index in [1.54, 1.807) is 30.6 Å². The summed E-state index contributed by atoms with van der Waals surface area (Å²) >= 11 is 1.66. The van der Waals surface area contributed by atoms with Crippen molar-refractivity contribution < 1.29 is 9.18 Å². The molecule has 0 aliphatic heterocycles. The summed E-state index contributed by atoms with van der Waals surface area (Å²) in [5, 5.41) is 0. The van der Waals surface area contributed by atoms with Crippen molar-refractivity contribution in [2.75, 3.05) is 31.3 Å². The molecule has 17 heavy (non-hydrogen) atoms. The maximum Gasteiger partial charge on any atom is 0.253 e.